The molecule has 29 heavy (non-hydrogen) atoms. The van der Waals surface area contributed by atoms with E-state index < -0.39 is 0 Å². The molecule has 1 heterocycles. The number of amides is 4. The summed E-state index contributed by atoms with van der Waals surface area (Å²) in [6, 6.07) is 7.31. The van der Waals surface area contributed by atoms with E-state index in [2.05, 4.69) is 31.3 Å². The number of carbonyl (C=O) groups excluding carboxylic acids is 3. The summed E-state index contributed by atoms with van der Waals surface area (Å²) in [5.74, 6) is -0.0512. The predicted molar refractivity (Wildman–Crippen MR) is 111 cm³/mol. The van der Waals surface area contributed by atoms with E-state index >= 15 is 0 Å². The highest BCUT2D eigenvalue weighted by atomic mass is 16.2. The lowest BCUT2D eigenvalue weighted by Gasteiger charge is -2.22. The van der Waals surface area contributed by atoms with Crippen molar-refractivity contribution in [3.63, 3.8) is 0 Å². The molecular formula is C23H29N3O3. The van der Waals surface area contributed by atoms with Crippen molar-refractivity contribution >= 4 is 23.5 Å². The zero-order chi connectivity index (χ0) is 20.5. The van der Waals surface area contributed by atoms with Crippen molar-refractivity contribution in [2.45, 2.75) is 39.7 Å². The Morgan fingerprint density at radius 3 is 2.07 bits per heavy atom. The summed E-state index contributed by atoms with van der Waals surface area (Å²) in [5, 5.41) is 2.96. The van der Waals surface area contributed by atoms with Crippen LogP contribution in [0.2, 0.25) is 0 Å². The fourth-order valence-corrected chi connectivity index (χ4v) is 5.06. The average molecular weight is 396 g/mol. The molecule has 4 atom stereocenters. The van der Waals surface area contributed by atoms with Gasteiger partial charge in [-0.25, -0.2) is 4.79 Å². The Morgan fingerprint density at radius 2 is 1.55 bits per heavy atom. The number of nitrogens with zero attached hydrogens (tertiary/aromatic N) is 2. The minimum Gasteiger partial charge on any atom is -0.334 e. The first-order valence-electron chi connectivity index (χ1n) is 10.7. The van der Waals surface area contributed by atoms with Gasteiger partial charge in [0.05, 0.1) is 17.5 Å². The van der Waals surface area contributed by atoms with Crippen LogP contribution < -0.4 is 10.2 Å². The first-order valence-corrected chi connectivity index (χ1v) is 10.7. The number of nitrogens with one attached hydrogen (secondary N) is 1. The van der Waals surface area contributed by atoms with Crippen LogP contribution in [0.25, 0.3) is 0 Å². The molecule has 1 aromatic carbocycles. The lowest BCUT2D eigenvalue weighted by molar-refractivity contribution is -0.123. The SMILES string of the molecule is CCCN(CCC)C(=O)NCc1ccc(N2C(=O)C3C4C=CC(C4)C3C2=O)cc1. The summed E-state index contributed by atoms with van der Waals surface area (Å²) < 4.78 is 0. The third-order valence-electron chi connectivity index (χ3n) is 6.38. The van der Waals surface area contributed by atoms with Gasteiger partial charge in [0.25, 0.3) is 0 Å². The molecule has 1 aromatic rings. The van der Waals surface area contributed by atoms with Crippen LogP contribution in [0, 0.1) is 23.7 Å². The maximum Gasteiger partial charge on any atom is 0.317 e. The third-order valence-corrected chi connectivity index (χ3v) is 6.38. The highest BCUT2D eigenvalue weighted by Gasteiger charge is 2.59. The summed E-state index contributed by atoms with van der Waals surface area (Å²) in [6.45, 7) is 6.04. The van der Waals surface area contributed by atoms with Gasteiger partial charge in [-0.05, 0) is 48.8 Å². The van der Waals surface area contributed by atoms with Crippen LogP contribution in [-0.2, 0) is 16.1 Å². The summed E-state index contributed by atoms with van der Waals surface area (Å²) in [5.41, 5.74) is 1.57. The molecule has 2 aliphatic carbocycles. The molecular weight excluding hydrogens is 366 g/mol. The normalized spacial score (nSPS) is 26.9. The smallest absolute Gasteiger partial charge is 0.317 e. The molecule has 4 amide bonds. The molecule has 1 N–H and O–H groups in total. The van der Waals surface area contributed by atoms with Crippen LogP contribution in [0.1, 0.15) is 38.7 Å². The monoisotopic (exact) mass is 395 g/mol. The Balaban J connectivity index is 1.39. The number of rotatable bonds is 7. The van der Waals surface area contributed by atoms with Crippen LogP contribution in [0.4, 0.5) is 10.5 Å². The summed E-state index contributed by atoms with van der Waals surface area (Å²) >= 11 is 0. The number of hydrogen-bond acceptors (Lipinski definition) is 3. The Bertz CT molecular complexity index is 796. The van der Waals surface area contributed by atoms with Crippen LogP contribution in [0.15, 0.2) is 36.4 Å². The molecule has 2 fully saturated rings. The first kappa shape index (κ1) is 19.7. The van der Waals surface area contributed by atoms with Gasteiger partial charge < -0.3 is 10.2 Å². The number of hydrogen-bond donors (Lipinski definition) is 1. The number of imide groups is 1. The van der Waals surface area contributed by atoms with E-state index in [9.17, 15) is 14.4 Å². The van der Waals surface area contributed by atoms with Crippen molar-refractivity contribution in [2.75, 3.05) is 18.0 Å². The second kappa shape index (κ2) is 8.01. The van der Waals surface area contributed by atoms with Gasteiger partial charge in [0, 0.05) is 19.6 Å². The van der Waals surface area contributed by atoms with Gasteiger partial charge in [0.15, 0.2) is 0 Å². The molecule has 1 saturated heterocycles. The molecule has 4 unspecified atom stereocenters. The maximum atomic E-state index is 12.9. The fraction of sp³-hybridized carbons (Fsp3) is 0.522. The van der Waals surface area contributed by atoms with Gasteiger partial charge in [-0.3, -0.25) is 14.5 Å². The fourth-order valence-electron chi connectivity index (χ4n) is 5.06. The molecule has 0 radical (unpaired) electrons. The average Bonchev–Trinajstić information content (AvgIpc) is 3.40. The summed E-state index contributed by atoms with van der Waals surface area (Å²) in [7, 11) is 0. The van der Waals surface area contributed by atoms with Crippen molar-refractivity contribution in [1.29, 1.82) is 0 Å². The Morgan fingerprint density at radius 1 is 1.00 bits per heavy atom. The topological polar surface area (TPSA) is 69.7 Å². The number of benzene rings is 1. The summed E-state index contributed by atoms with van der Waals surface area (Å²) in [6.07, 6.45) is 7.00. The number of allylic oxidation sites excluding steroid dienone is 2. The van der Waals surface area contributed by atoms with Crippen LogP contribution in [-0.4, -0.2) is 35.8 Å². The number of carbonyl (C=O) groups is 3. The van der Waals surface area contributed by atoms with Crippen molar-refractivity contribution < 1.29 is 14.4 Å². The standard InChI is InChI=1S/C23H29N3O3/c1-3-11-25(12-4-2)23(29)24-14-15-5-9-18(10-6-15)26-21(27)19-16-7-8-17(13-16)20(19)22(26)28/h5-10,16-17,19-20H,3-4,11-14H2,1-2H3,(H,24,29). The van der Waals surface area contributed by atoms with E-state index in [0.717, 1.165) is 37.9 Å². The number of fused-ring (bicyclic) bond motifs is 5. The van der Waals surface area contributed by atoms with Crippen molar-refractivity contribution in [3.05, 3.63) is 42.0 Å². The lowest BCUT2D eigenvalue weighted by Crippen LogP contribution is -2.40. The first-order chi connectivity index (χ1) is 14.0. The molecule has 3 aliphatic rings. The van der Waals surface area contributed by atoms with E-state index in [4.69, 9.17) is 0 Å². The van der Waals surface area contributed by atoms with E-state index in [1.165, 1.54) is 4.90 Å². The number of urea groups is 1. The van der Waals surface area contributed by atoms with Crippen molar-refractivity contribution in [1.82, 2.24) is 10.2 Å². The lowest BCUT2D eigenvalue weighted by atomic mass is 9.85. The van der Waals surface area contributed by atoms with Gasteiger partial charge in [0.1, 0.15) is 0 Å². The van der Waals surface area contributed by atoms with Gasteiger partial charge in [-0.1, -0.05) is 38.1 Å². The second-order valence-corrected chi connectivity index (χ2v) is 8.32. The van der Waals surface area contributed by atoms with Crippen LogP contribution in [0.5, 0.6) is 0 Å². The van der Waals surface area contributed by atoms with Gasteiger partial charge in [-0.2, -0.15) is 0 Å². The Labute approximate surface area is 171 Å². The summed E-state index contributed by atoms with van der Waals surface area (Å²) in [4.78, 5) is 41.3. The van der Waals surface area contributed by atoms with E-state index in [-0.39, 0.29) is 41.5 Å². The molecule has 6 heteroatoms. The molecule has 0 spiro atoms. The highest BCUT2D eigenvalue weighted by molar-refractivity contribution is 6.22. The zero-order valence-corrected chi connectivity index (χ0v) is 17.1. The number of anilines is 1. The van der Waals surface area contributed by atoms with Crippen molar-refractivity contribution in [2.24, 2.45) is 23.7 Å². The van der Waals surface area contributed by atoms with Crippen molar-refractivity contribution in [3.8, 4) is 0 Å². The highest BCUT2D eigenvalue weighted by Crippen LogP contribution is 2.53. The van der Waals surface area contributed by atoms with Crippen LogP contribution >= 0.6 is 0 Å². The minimum atomic E-state index is -0.181. The van der Waals surface area contributed by atoms with E-state index in [0.29, 0.717) is 12.2 Å². The van der Waals surface area contributed by atoms with E-state index in [1.54, 1.807) is 0 Å². The third kappa shape index (κ3) is 3.45. The molecule has 4 rings (SSSR count). The molecule has 154 valence electrons. The Hall–Kier alpha value is -2.63. The predicted octanol–water partition coefficient (Wildman–Crippen LogP) is 3.33. The zero-order valence-electron chi connectivity index (χ0n) is 17.1. The molecule has 1 aliphatic heterocycles. The quantitative estimate of drug-likeness (QED) is 0.569. The molecule has 1 saturated carbocycles. The Kier molecular flexibility index (Phi) is 5.43. The molecule has 0 aromatic heterocycles. The second-order valence-electron chi connectivity index (χ2n) is 8.32. The van der Waals surface area contributed by atoms with E-state index in [1.807, 2.05) is 29.2 Å². The molecule has 2 bridgehead atoms. The maximum absolute atomic E-state index is 12.9. The molecule has 6 nitrogen and oxygen atoms in total. The minimum absolute atomic E-state index is 0.0570. The van der Waals surface area contributed by atoms with Gasteiger partial charge in [0.2, 0.25) is 11.8 Å². The largest absolute Gasteiger partial charge is 0.334 e. The van der Waals surface area contributed by atoms with Gasteiger partial charge >= 0.3 is 6.03 Å². The van der Waals surface area contributed by atoms with Crippen LogP contribution in [0.3, 0.4) is 0 Å². The van der Waals surface area contributed by atoms with Gasteiger partial charge in [-0.15, -0.1) is 0 Å².